The summed E-state index contributed by atoms with van der Waals surface area (Å²) in [6, 6.07) is 6.23. The topological polar surface area (TPSA) is 59.1 Å². The van der Waals surface area contributed by atoms with E-state index >= 15 is 0 Å². The number of benzene rings is 1. The normalized spacial score (nSPS) is 11.3. The molecule has 0 aliphatic heterocycles. The fraction of sp³-hybridized carbons (Fsp3) is 0. The Morgan fingerprint density at radius 1 is 1.11 bits per heavy atom. The number of anilines is 1. The zero-order valence-corrected chi connectivity index (χ0v) is 11.6. The molecule has 2 aromatic rings. The van der Waals surface area contributed by atoms with Crippen LogP contribution in [0.15, 0.2) is 41.4 Å². The third-order valence-electron chi connectivity index (χ3n) is 2.13. The lowest BCUT2D eigenvalue weighted by Crippen LogP contribution is -2.13. The molecule has 0 atom stereocenters. The van der Waals surface area contributed by atoms with E-state index in [-0.39, 0.29) is 20.6 Å². The Bertz CT molecular complexity index is 685. The average molecular weight is 321 g/mol. The van der Waals surface area contributed by atoms with Crippen LogP contribution in [-0.4, -0.2) is 13.4 Å². The van der Waals surface area contributed by atoms with Gasteiger partial charge < -0.3 is 0 Å². The van der Waals surface area contributed by atoms with Crippen LogP contribution in [0.25, 0.3) is 0 Å². The third kappa shape index (κ3) is 3.56. The number of pyridine rings is 1. The predicted molar refractivity (Wildman–Crippen MR) is 71.5 cm³/mol. The van der Waals surface area contributed by atoms with E-state index < -0.39 is 16.0 Å². The molecule has 0 spiro atoms. The molecule has 0 radical (unpaired) electrons. The van der Waals surface area contributed by atoms with Crippen LogP contribution >= 0.6 is 23.2 Å². The summed E-state index contributed by atoms with van der Waals surface area (Å²) in [6.45, 7) is 0. The molecule has 0 bridgehead atoms. The van der Waals surface area contributed by atoms with Gasteiger partial charge in [0.25, 0.3) is 10.0 Å². The zero-order valence-electron chi connectivity index (χ0n) is 9.27. The van der Waals surface area contributed by atoms with Crippen LogP contribution in [0.5, 0.6) is 0 Å². The minimum absolute atomic E-state index is 0.0886. The van der Waals surface area contributed by atoms with Crippen molar-refractivity contribution in [1.29, 1.82) is 0 Å². The van der Waals surface area contributed by atoms with E-state index in [4.69, 9.17) is 23.2 Å². The molecule has 0 unspecified atom stereocenters. The van der Waals surface area contributed by atoms with Gasteiger partial charge >= 0.3 is 0 Å². The van der Waals surface area contributed by atoms with Gasteiger partial charge in [0.05, 0.1) is 16.8 Å². The van der Waals surface area contributed by atoms with E-state index in [0.717, 1.165) is 12.3 Å². The van der Waals surface area contributed by atoms with E-state index in [1.165, 1.54) is 24.3 Å². The van der Waals surface area contributed by atoms with Crippen LogP contribution in [0, 0.1) is 5.95 Å². The average Bonchev–Trinajstić information content (AvgIpc) is 2.31. The Hall–Kier alpha value is -1.37. The molecule has 0 fully saturated rings. The van der Waals surface area contributed by atoms with Crippen LogP contribution in [0.1, 0.15) is 0 Å². The number of nitrogens with zero attached hydrogens (tertiary/aromatic N) is 1. The van der Waals surface area contributed by atoms with E-state index in [1.54, 1.807) is 0 Å². The van der Waals surface area contributed by atoms with Gasteiger partial charge in [0.15, 0.2) is 0 Å². The molecular weight excluding hydrogens is 314 g/mol. The summed E-state index contributed by atoms with van der Waals surface area (Å²) in [5.74, 6) is -0.700. The monoisotopic (exact) mass is 320 g/mol. The van der Waals surface area contributed by atoms with Crippen molar-refractivity contribution >= 4 is 38.9 Å². The van der Waals surface area contributed by atoms with Crippen molar-refractivity contribution in [2.24, 2.45) is 0 Å². The Labute approximate surface area is 119 Å². The van der Waals surface area contributed by atoms with Gasteiger partial charge in [-0.15, -0.1) is 0 Å². The second-order valence-corrected chi connectivity index (χ2v) is 6.14. The molecule has 0 aliphatic carbocycles. The number of sulfonamides is 1. The van der Waals surface area contributed by atoms with Crippen LogP contribution in [0.3, 0.4) is 0 Å². The molecule has 0 saturated carbocycles. The van der Waals surface area contributed by atoms with Gasteiger partial charge in [-0.3, -0.25) is 4.72 Å². The Morgan fingerprint density at radius 3 is 2.26 bits per heavy atom. The van der Waals surface area contributed by atoms with Gasteiger partial charge in [0.2, 0.25) is 5.95 Å². The van der Waals surface area contributed by atoms with Gasteiger partial charge in [-0.2, -0.15) is 4.39 Å². The SMILES string of the molecule is O=S(=O)(Nc1ccc(F)nc1)c1cc(Cl)cc(Cl)c1. The first-order valence-electron chi connectivity index (χ1n) is 4.97. The van der Waals surface area contributed by atoms with Gasteiger partial charge in [-0.25, -0.2) is 13.4 Å². The van der Waals surface area contributed by atoms with Crippen LogP contribution < -0.4 is 4.72 Å². The first-order chi connectivity index (χ1) is 8.87. The minimum atomic E-state index is -3.85. The zero-order chi connectivity index (χ0) is 14.0. The van der Waals surface area contributed by atoms with Crippen molar-refractivity contribution in [3.05, 3.63) is 52.5 Å². The second kappa shape index (κ2) is 5.32. The molecule has 1 aromatic heterocycles. The maximum Gasteiger partial charge on any atom is 0.262 e. The molecule has 2 rings (SSSR count). The fourth-order valence-electron chi connectivity index (χ4n) is 1.33. The predicted octanol–water partition coefficient (Wildman–Crippen LogP) is 3.33. The lowest BCUT2D eigenvalue weighted by atomic mass is 10.4. The Balaban J connectivity index is 2.34. The third-order valence-corrected chi connectivity index (χ3v) is 3.92. The molecule has 0 amide bonds. The van der Waals surface area contributed by atoms with Crippen LogP contribution in [0.4, 0.5) is 10.1 Å². The van der Waals surface area contributed by atoms with Gasteiger partial charge in [0, 0.05) is 10.0 Å². The smallest absolute Gasteiger partial charge is 0.262 e. The molecule has 8 heteroatoms. The lowest BCUT2D eigenvalue weighted by Gasteiger charge is -2.08. The van der Waals surface area contributed by atoms with E-state index in [2.05, 4.69) is 9.71 Å². The number of halogens is 3. The molecule has 19 heavy (non-hydrogen) atoms. The molecule has 4 nitrogen and oxygen atoms in total. The van der Waals surface area contributed by atoms with Crippen molar-refractivity contribution < 1.29 is 12.8 Å². The van der Waals surface area contributed by atoms with Crippen LogP contribution in [0.2, 0.25) is 10.0 Å². The number of aromatic nitrogens is 1. The number of hydrogen-bond donors (Lipinski definition) is 1. The highest BCUT2D eigenvalue weighted by molar-refractivity contribution is 7.92. The van der Waals surface area contributed by atoms with Crippen molar-refractivity contribution in [3.8, 4) is 0 Å². The quantitative estimate of drug-likeness (QED) is 0.882. The minimum Gasteiger partial charge on any atom is -0.278 e. The van der Waals surface area contributed by atoms with Crippen molar-refractivity contribution in [3.63, 3.8) is 0 Å². The summed E-state index contributed by atoms with van der Waals surface area (Å²) < 4.78 is 38.9. The highest BCUT2D eigenvalue weighted by Gasteiger charge is 2.16. The highest BCUT2D eigenvalue weighted by atomic mass is 35.5. The summed E-state index contributed by atoms with van der Waals surface area (Å²) in [6.07, 6.45) is 1.07. The van der Waals surface area contributed by atoms with Gasteiger partial charge in [-0.05, 0) is 30.3 Å². The molecule has 1 N–H and O–H groups in total. The lowest BCUT2D eigenvalue weighted by molar-refractivity contribution is 0.583. The first kappa shape index (κ1) is 14.0. The largest absolute Gasteiger partial charge is 0.278 e. The van der Waals surface area contributed by atoms with Crippen molar-refractivity contribution in [2.75, 3.05) is 4.72 Å². The second-order valence-electron chi connectivity index (χ2n) is 3.58. The molecule has 0 aliphatic rings. The maximum atomic E-state index is 12.6. The summed E-state index contributed by atoms with van der Waals surface area (Å²) in [4.78, 5) is 3.26. The van der Waals surface area contributed by atoms with E-state index in [9.17, 15) is 12.8 Å². The van der Waals surface area contributed by atoms with E-state index in [1.807, 2.05) is 0 Å². The molecule has 0 saturated heterocycles. The summed E-state index contributed by atoms with van der Waals surface area (Å²) in [7, 11) is -3.85. The summed E-state index contributed by atoms with van der Waals surface area (Å²) in [5.41, 5.74) is 0.137. The van der Waals surface area contributed by atoms with E-state index in [0.29, 0.717) is 0 Å². The molecule has 1 heterocycles. The van der Waals surface area contributed by atoms with Gasteiger partial charge in [-0.1, -0.05) is 23.2 Å². The highest BCUT2D eigenvalue weighted by Crippen LogP contribution is 2.23. The summed E-state index contributed by atoms with van der Waals surface area (Å²) in [5, 5.41) is 0.398. The Morgan fingerprint density at radius 2 is 1.74 bits per heavy atom. The maximum absolute atomic E-state index is 12.6. The first-order valence-corrected chi connectivity index (χ1v) is 7.21. The summed E-state index contributed by atoms with van der Waals surface area (Å²) >= 11 is 11.5. The Kier molecular flexibility index (Phi) is 3.93. The number of hydrogen-bond acceptors (Lipinski definition) is 3. The van der Waals surface area contributed by atoms with Crippen LogP contribution in [-0.2, 0) is 10.0 Å². The van der Waals surface area contributed by atoms with Crippen molar-refractivity contribution in [1.82, 2.24) is 4.98 Å². The molecule has 100 valence electrons. The van der Waals surface area contributed by atoms with Gasteiger partial charge in [0.1, 0.15) is 0 Å². The fourth-order valence-corrected chi connectivity index (χ4v) is 3.10. The van der Waals surface area contributed by atoms with Crippen molar-refractivity contribution in [2.45, 2.75) is 4.90 Å². The standard InChI is InChI=1S/C11H7Cl2FN2O2S/c12-7-3-8(13)5-10(4-7)19(17,18)16-9-1-2-11(14)15-6-9/h1-6,16H. The number of rotatable bonds is 3. The number of nitrogens with one attached hydrogen (secondary N) is 1. The molecular formula is C11H7Cl2FN2O2S. The molecule has 1 aromatic carbocycles.